The molecule has 0 atom stereocenters. The Labute approximate surface area is 113 Å². The molecule has 0 fully saturated rings. The van der Waals surface area contributed by atoms with Crippen molar-refractivity contribution in [2.24, 2.45) is 7.05 Å². The zero-order valence-electron chi connectivity index (χ0n) is 9.36. The van der Waals surface area contributed by atoms with Crippen molar-refractivity contribution < 1.29 is 4.74 Å². The molecule has 0 saturated carbocycles. The molecular weight excluding hydrogens is 304 g/mol. The molecule has 90 valence electrons. The number of ether oxygens (including phenoxy) is 1. The minimum absolute atomic E-state index is 0.509. The van der Waals surface area contributed by atoms with Crippen LogP contribution in [-0.4, -0.2) is 9.78 Å². The highest BCUT2D eigenvalue weighted by Crippen LogP contribution is 2.25. The molecule has 5 heteroatoms. The van der Waals surface area contributed by atoms with E-state index in [4.69, 9.17) is 16.3 Å². The van der Waals surface area contributed by atoms with E-state index in [0.29, 0.717) is 11.6 Å². The summed E-state index contributed by atoms with van der Waals surface area (Å²) in [5.41, 5.74) is 2.09. The lowest BCUT2D eigenvalue weighted by Gasteiger charge is -2.09. The van der Waals surface area contributed by atoms with E-state index >= 15 is 0 Å². The third-order valence-corrected chi connectivity index (χ3v) is 3.16. The molecule has 3 nitrogen and oxygen atoms in total. The number of hydrogen-bond acceptors (Lipinski definition) is 2. The van der Waals surface area contributed by atoms with Crippen LogP contribution in [0.15, 0.2) is 30.6 Å². The maximum absolute atomic E-state index is 5.93. The Balaban J connectivity index is 2.08. The second kappa shape index (κ2) is 5.56. The number of hydrogen-bond donors (Lipinski definition) is 0. The molecular formula is C12H12BrClN2O. The van der Waals surface area contributed by atoms with Crippen LogP contribution in [0.4, 0.5) is 0 Å². The van der Waals surface area contributed by atoms with Gasteiger partial charge in [-0.15, -0.1) is 0 Å². The molecule has 0 radical (unpaired) electrons. The van der Waals surface area contributed by atoms with Gasteiger partial charge in [-0.05, 0) is 18.2 Å². The number of nitrogens with zero attached hydrogens (tertiary/aromatic N) is 2. The molecule has 1 aromatic heterocycles. The lowest BCUT2D eigenvalue weighted by atomic mass is 10.2. The second-order valence-corrected chi connectivity index (χ2v) is 4.69. The van der Waals surface area contributed by atoms with Crippen molar-refractivity contribution in [2.45, 2.75) is 11.9 Å². The quantitative estimate of drug-likeness (QED) is 0.807. The highest BCUT2D eigenvalue weighted by molar-refractivity contribution is 9.08. The highest BCUT2D eigenvalue weighted by atomic mass is 79.9. The molecule has 0 aliphatic rings. The van der Waals surface area contributed by atoms with Crippen molar-refractivity contribution in [3.8, 4) is 5.75 Å². The number of halogens is 2. The van der Waals surface area contributed by atoms with Gasteiger partial charge in [0, 0.05) is 34.7 Å². The molecule has 2 rings (SSSR count). The molecule has 0 N–H and O–H groups in total. The van der Waals surface area contributed by atoms with Gasteiger partial charge in [-0.3, -0.25) is 4.68 Å². The molecule has 0 aliphatic heterocycles. The van der Waals surface area contributed by atoms with E-state index < -0.39 is 0 Å². The van der Waals surface area contributed by atoms with Gasteiger partial charge in [0.15, 0.2) is 0 Å². The third kappa shape index (κ3) is 3.23. The van der Waals surface area contributed by atoms with E-state index in [-0.39, 0.29) is 0 Å². The summed E-state index contributed by atoms with van der Waals surface area (Å²) in [5.74, 6) is 0.843. The normalized spacial score (nSPS) is 10.5. The first kappa shape index (κ1) is 12.5. The van der Waals surface area contributed by atoms with Gasteiger partial charge in [0.25, 0.3) is 0 Å². The highest BCUT2D eigenvalue weighted by Gasteiger charge is 2.04. The van der Waals surface area contributed by atoms with Crippen molar-refractivity contribution >= 4 is 27.5 Å². The summed E-state index contributed by atoms with van der Waals surface area (Å²) >= 11 is 9.34. The molecule has 0 amide bonds. The van der Waals surface area contributed by atoms with Crippen molar-refractivity contribution in [3.05, 3.63) is 46.7 Å². The fourth-order valence-electron chi connectivity index (χ4n) is 1.50. The Bertz CT molecular complexity index is 513. The summed E-state index contributed by atoms with van der Waals surface area (Å²) in [5, 5.41) is 5.53. The largest absolute Gasteiger partial charge is 0.488 e. The van der Waals surface area contributed by atoms with Crippen LogP contribution in [0.1, 0.15) is 11.1 Å². The smallest absolute Gasteiger partial charge is 0.123 e. The average molecular weight is 316 g/mol. The number of aryl methyl sites for hydroxylation is 1. The number of alkyl halides is 1. The summed E-state index contributed by atoms with van der Waals surface area (Å²) in [6.07, 6.45) is 3.73. The van der Waals surface area contributed by atoms with Crippen LogP contribution in [-0.2, 0) is 19.0 Å². The maximum atomic E-state index is 5.93. The van der Waals surface area contributed by atoms with Gasteiger partial charge in [-0.2, -0.15) is 5.10 Å². The second-order valence-electron chi connectivity index (χ2n) is 3.70. The summed E-state index contributed by atoms with van der Waals surface area (Å²) in [6.45, 7) is 0.509. The van der Waals surface area contributed by atoms with Gasteiger partial charge in [-0.1, -0.05) is 27.5 Å². The fourth-order valence-corrected chi connectivity index (χ4v) is 2.13. The van der Waals surface area contributed by atoms with Gasteiger partial charge in [0.1, 0.15) is 12.4 Å². The SMILES string of the molecule is Cn1cc(COc2ccc(Cl)cc2CBr)cn1. The Kier molecular flexibility index (Phi) is 4.07. The Morgan fingerprint density at radius 1 is 1.47 bits per heavy atom. The molecule has 2 aromatic rings. The van der Waals surface area contributed by atoms with E-state index in [9.17, 15) is 0 Å². The van der Waals surface area contributed by atoms with Crippen LogP contribution in [0, 0.1) is 0 Å². The van der Waals surface area contributed by atoms with E-state index in [1.807, 2.05) is 31.4 Å². The van der Waals surface area contributed by atoms with Gasteiger partial charge in [0.05, 0.1) is 6.20 Å². The standard InChI is InChI=1S/C12H12BrClN2O/c1-16-7-9(6-15-16)8-17-12-3-2-11(14)4-10(12)5-13/h2-4,6-7H,5,8H2,1H3. The van der Waals surface area contributed by atoms with Crippen molar-refractivity contribution in [2.75, 3.05) is 0 Å². The molecule has 0 bridgehead atoms. The van der Waals surface area contributed by atoms with Crippen molar-refractivity contribution in [1.29, 1.82) is 0 Å². The van der Waals surface area contributed by atoms with Crippen molar-refractivity contribution in [3.63, 3.8) is 0 Å². The van der Waals surface area contributed by atoms with Crippen LogP contribution in [0.3, 0.4) is 0 Å². The Morgan fingerprint density at radius 2 is 2.29 bits per heavy atom. The Hall–Kier alpha value is -1.00. The molecule has 0 spiro atoms. The van der Waals surface area contributed by atoms with E-state index in [2.05, 4.69) is 21.0 Å². The van der Waals surface area contributed by atoms with Crippen LogP contribution in [0.5, 0.6) is 5.75 Å². The van der Waals surface area contributed by atoms with Crippen LogP contribution in [0.25, 0.3) is 0 Å². The topological polar surface area (TPSA) is 27.1 Å². The fraction of sp³-hybridized carbons (Fsp3) is 0.250. The van der Waals surface area contributed by atoms with Crippen LogP contribution < -0.4 is 4.74 Å². The monoisotopic (exact) mass is 314 g/mol. The predicted octanol–water partition coefficient (Wildman–Crippen LogP) is 3.55. The first-order valence-electron chi connectivity index (χ1n) is 5.14. The number of aromatic nitrogens is 2. The molecule has 0 unspecified atom stereocenters. The molecule has 17 heavy (non-hydrogen) atoms. The van der Waals surface area contributed by atoms with Crippen molar-refractivity contribution in [1.82, 2.24) is 9.78 Å². The number of benzene rings is 1. The van der Waals surface area contributed by atoms with Gasteiger partial charge in [0.2, 0.25) is 0 Å². The third-order valence-electron chi connectivity index (χ3n) is 2.32. The summed E-state index contributed by atoms with van der Waals surface area (Å²) < 4.78 is 7.50. The summed E-state index contributed by atoms with van der Waals surface area (Å²) in [6, 6.07) is 5.61. The van der Waals surface area contributed by atoms with Gasteiger partial charge < -0.3 is 4.74 Å². The zero-order valence-corrected chi connectivity index (χ0v) is 11.7. The van der Waals surface area contributed by atoms with Gasteiger partial charge >= 0.3 is 0 Å². The zero-order chi connectivity index (χ0) is 12.3. The van der Waals surface area contributed by atoms with E-state index in [1.54, 1.807) is 10.9 Å². The number of rotatable bonds is 4. The first-order valence-corrected chi connectivity index (χ1v) is 6.63. The minimum atomic E-state index is 0.509. The molecule has 0 saturated heterocycles. The Morgan fingerprint density at radius 3 is 2.94 bits per heavy atom. The maximum Gasteiger partial charge on any atom is 0.123 e. The molecule has 1 heterocycles. The van der Waals surface area contributed by atoms with E-state index in [1.165, 1.54) is 0 Å². The van der Waals surface area contributed by atoms with E-state index in [0.717, 1.165) is 22.2 Å². The lowest BCUT2D eigenvalue weighted by Crippen LogP contribution is -1.97. The van der Waals surface area contributed by atoms with Crippen LogP contribution in [0.2, 0.25) is 5.02 Å². The summed E-state index contributed by atoms with van der Waals surface area (Å²) in [7, 11) is 1.88. The average Bonchev–Trinajstić information content (AvgIpc) is 2.73. The molecule has 0 aliphatic carbocycles. The molecule has 1 aromatic carbocycles. The predicted molar refractivity (Wildman–Crippen MR) is 71.6 cm³/mol. The minimum Gasteiger partial charge on any atom is -0.488 e. The lowest BCUT2D eigenvalue weighted by molar-refractivity contribution is 0.304. The first-order chi connectivity index (χ1) is 8.19. The van der Waals surface area contributed by atoms with Gasteiger partial charge in [-0.25, -0.2) is 0 Å². The van der Waals surface area contributed by atoms with Crippen LogP contribution >= 0.6 is 27.5 Å². The summed E-state index contributed by atoms with van der Waals surface area (Å²) in [4.78, 5) is 0.